The molecular formula is C29H26N2OSi. The molecule has 3 nitrogen and oxygen atoms in total. The molecule has 6 rings (SSSR count). The van der Waals surface area contributed by atoms with Gasteiger partial charge in [-0.15, -0.1) is 0 Å². The number of rotatable bonds is 3. The fraction of sp³-hybridized carbons (Fsp3) is 0.172. The van der Waals surface area contributed by atoms with E-state index in [9.17, 15) is 4.79 Å². The monoisotopic (exact) mass is 446 g/mol. The van der Waals surface area contributed by atoms with Gasteiger partial charge in [-0.25, -0.2) is 4.99 Å². The Hall–Kier alpha value is -3.50. The van der Waals surface area contributed by atoms with Crippen molar-refractivity contribution >= 4 is 46.5 Å². The van der Waals surface area contributed by atoms with Crippen molar-refractivity contribution in [2.45, 2.75) is 19.3 Å². The number of anilines is 1. The largest absolute Gasteiger partial charge is 0.372 e. The van der Waals surface area contributed by atoms with Crippen LogP contribution in [0.1, 0.15) is 19.3 Å². The topological polar surface area (TPSA) is 32.7 Å². The van der Waals surface area contributed by atoms with Gasteiger partial charge in [0, 0.05) is 18.8 Å². The van der Waals surface area contributed by atoms with Crippen LogP contribution in [0.15, 0.2) is 107 Å². The highest BCUT2D eigenvalue weighted by molar-refractivity contribution is 7.19. The van der Waals surface area contributed by atoms with Gasteiger partial charge in [0.1, 0.15) is 0 Å². The maximum atomic E-state index is 12.7. The van der Waals surface area contributed by atoms with E-state index in [0.29, 0.717) is 0 Å². The van der Waals surface area contributed by atoms with Crippen molar-refractivity contribution in [2.24, 2.45) is 4.99 Å². The zero-order chi connectivity index (χ0) is 22.3. The van der Waals surface area contributed by atoms with Crippen molar-refractivity contribution in [3.8, 4) is 0 Å². The summed E-state index contributed by atoms with van der Waals surface area (Å²) in [6.45, 7) is 2.20. The van der Waals surface area contributed by atoms with Crippen LogP contribution in [0.3, 0.4) is 0 Å². The fourth-order valence-electron chi connectivity index (χ4n) is 5.62. The zero-order valence-corrected chi connectivity index (χ0v) is 19.6. The number of fused-ring (bicyclic) bond motifs is 2. The number of aliphatic imine (C=N–C) groups is 1. The van der Waals surface area contributed by atoms with E-state index in [2.05, 4.69) is 83.8 Å². The van der Waals surface area contributed by atoms with Crippen LogP contribution in [0.5, 0.6) is 0 Å². The molecule has 4 heteroatoms. The lowest BCUT2D eigenvalue weighted by Gasteiger charge is -2.41. The molecule has 3 aromatic carbocycles. The number of allylic oxidation sites excluding steroid dienone is 4. The van der Waals surface area contributed by atoms with Crippen LogP contribution in [0.4, 0.5) is 11.4 Å². The van der Waals surface area contributed by atoms with Crippen LogP contribution in [0.2, 0.25) is 0 Å². The third-order valence-corrected chi connectivity index (χ3v) is 11.9. The summed E-state index contributed by atoms with van der Waals surface area (Å²) < 4.78 is 0. The lowest BCUT2D eigenvalue weighted by Crippen LogP contribution is -2.71. The Labute approximate surface area is 195 Å². The third-order valence-electron chi connectivity index (χ3n) is 7.13. The van der Waals surface area contributed by atoms with Gasteiger partial charge in [0.25, 0.3) is 0 Å². The van der Waals surface area contributed by atoms with Crippen molar-refractivity contribution in [1.29, 1.82) is 0 Å². The second kappa shape index (κ2) is 8.12. The predicted molar refractivity (Wildman–Crippen MR) is 139 cm³/mol. The molecule has 3 aromatic rings. The number of benzene rings is 3. The van der Waals surface area contributed by atoms with Gasteiger partial charge in [0.05, 0.1) is 11.4 Å². The molecule has 162 valence electrons. The number of nitrogens with zero attached hydrogens (tertiary/aromatic N) is 2. The van der Waals surface area contributed by atoms with Crippen LogP contribution in [0.25, 0.3) is 0 Å². The van der Waals surface area contributed by atoms with Crippen LogP contribution in [-0.2, 0) is 4.79 Å². The summed E-state index contributed by atoms with van der Waals surface area (Å²) >= 11 is 0. The first-order valence-corrected chi connectivity index (χ1v) is 13.8. The minimum absolute atomic E-state index is 0.0447. The van der Waals surface area contributed by atoms with E-state index in [-0.39, 0.29) is 5.78 Å². The molecule has 0 atom stereocenters. The van der Waals surface area contributed by atoms with Crippen LogP contribution >= 0.6 is 0 Å². The van der Waals surface area contributed by atoms with Crippen molar-refractivity contribution in [3.63, 3.8) is 0 Å². The quantitative estimate of drug-likeness (QED) is 0.452. The first-order valence-electron chi connectivity index (χ1n) is 11.8. The normalized spacial score (nSPS) is 18.8. The summed E-state index contributed by atoms with van der Waals surface area (Å²) in [5.74, 6) is 0.0447. The lowest BCUT2D eigenvalue weighted by atomic mass is 10.1. The summed E-state index contributed by atoms with van der Waals surface area (Å²) in [6, 6.07) is 28.4. The van der Waals surface area contributed by atoms with Crippen molar-refractivity contribution in [2.75, 3.05) is 18.0 Å². The van der Waals surface area contributed by atoms with Crippen molar-refractivity contribution in [3.05, 3.63) is 102 Å². The Morgan fingerprint density at radius 1 is 0.758 bits per heavy atom. The molecule has 33 heavy (non-hydrogen) atoms. The van der Waals surface area contributed by atoms with Gasteiger partial charge in [0.2, 0.25) is 0 Å². The van der Waals surface area contributed by atoms with Gasteiger partial charge < -0.3 is 4.90 Å². The van der Waals surface area contributed by atoms with Crippen molar-refractivity contribution < 1.29 is 4.79 Å². The SMILES string of the molecule is O=C1C=CC2=Nc3ccc(N4CCCCC4)cc3[Si](c3ccccc3)(c3ccccc3)C2=C1. The molecule has 0 bridgehead atoms. The fourth-order valence-corrected chi connectivity index (χ4v) is 10.6. The molecule has 0 amide bonds. The van der Waals surface area contributed by atoms with E-state index in [1.54, 1.807) is 6.08 Å². The smallest absolute Gasteiger partial charge is 0.184 e. The number of piperidine rings is 1. The first kappa shape index (κ1) is 20.1. The zero-order valence-electron chi connectivity index (χ0n) is 18.6. The Bertz CT molecular complexity index is 1260. The Morgan fingerprint density at radius 2 is 1.42 bits per heavy atom. The third kappa shape index (κ3) is 3.25. The summed E-state index contributed by atoms with van der Waals surface area (Å²) in [4.78, 5) is 20.3. The van der Waals surface area contributed by atoms with Crippen LogP contribution in [-0.4, -0.2) is 32.7 Å². The minimum atomic E-state index is -2.72. The van der Waals surface area contributed by atoms with Gasteiger partial charge in [-0.2, -0.15) is 0 Å². The predicted octanol–water partition coefficient (Wildman–Crippen LogP) is 3.84. The summed E-state index contributed by atoms with van der Waals surface area (Å²) in [5, 5.41) is 4.95. The molecule has 1 fully saturated rings. The summed E-state index contributed by atoms with van der Waals surface area (Å²) in [6.07, 6.45) is 9.19. The highest BCUT2D eigenvalue weighted by Crippen LogP contribution is 2.33. The molecule has 0 radical (unpaired) electrons. The van der Waals surface area contributed by atoms with E-state index in [1.807, 2.05) is 12.2 Å². The Balaban J connectivity index is 1.69. The van der Waals surface area contributed by atoms with Gasteiger partial charge >= 0.3 is 0 Å². The Kier molecular flexibility index (Phi) is 4.96. The molecule has 2 aliphatic heterocycles. The average molecular weight is 447 g/mol. The molecule has 0 saturated carbocycles. The van der Waals surface area contributed by atoms with E-state index in [4.69, 9.17) is 4.99 Å². The molecule has 1 saturated heterocycles. The highest BCUT2D eigenvalue weighted by atomic mass is 28.3. The highest BCUT2D eigenvalue weighted by Gasteiger charge is 2.49. The Morgan fingerprint density at radius 3 is 2.09 bits per heavy atom. The standard InChI is InChI=1S/C29H26N2OSi/c32-23-15-17-27-29(21-23)33(24-10-4-1-5-11-24,25-12-6-2-7-13-25)28-20-22(14-16-26(28)30-27)31-18-8-3-9-19-31/h1-2,4-7,10-17,20-21H,3,8-9,18-19H2. The number of carbonyl (C=O) groups excluding carboxylic acids is 1. The molecule has 0 spiro atoms. The minimum Gasteiger partial charge on any atom is -0.372 e. The maximum absolute atomic E-state index is 12.7. The molecular weight excluding hydrogens is 420 g/mol. The molecule has 2 heterocycles. The average Bonchev–Trinajstić information content (AvgIpc) is 2.89. The molecule has 0 unspecified atom stereocenters. The second-order valence-electron chi connectivity index (χ2n) is 9.02. The summed E-state index contributed by atoms with van der Waals surface area (Å²) in [5.41, 5.74) is 3.22. The molecule has 3 aliphatic rings. The number of ketones is 1. The first-order chi connectivity index (χ1) is 16.3. The lowest BCUT2D eigenvalue weighted by molar-refractivity contribution is -0.110. The number of hydrogen-bond acceptors (Lipinski definition) is 3. The van der Waals surface area contributed by atoms with Gasteiger partial charge in [-0.1, -0.05) is 60.7 Å². The van der Waals surface area contributed by atoms with E-state index in [0.717, 1.165) is 29.7 Å². The van der Waals surface area contributed by atoms with Gasteiger partial charge in [0.15, 0.2) is 13.9 Å². The molecule has 1 aliphatic carbocycles. The van der Waals surface area contributed by atoms with Gasteiger partial charge in [-0.3, -0.25) is 4.79 Å². The van der Waals surface area contributed by atoms with E-state index in [1.165, 1.54) is 40.5 Å². The number of carbonyl (C=O) groups is 1. The number of hydrogen-bond donors (Lipinski definition) is 0. The maximum Gasteiger partial charge on any atom is 0.184 e. The van der Waals surface area contributed by atoms with E-state index >= 15 is 0 Å². The second-order valence-corrected chi connectivity index (χ2v) is 12.8. The summed E-state index contributed by atoms with van der Waals surface area (Å²) in [7, 11) is -2.72. The van der Waals surface area contributed by atoms with Crippen LogP contribution < -0.4 is 20.5 Å². The van der Waals surface area contributed by atoms with Gasteiger partial charge in [-0.05, 0) is 76.4 Å². The van der Waals surface area contributed by atoms with E-state index < -0.39 is 8.07 Å². The van der Waals surface area contributed by atoms with Crippen molar-refractivity contribution in [1.82, 2.24) is 0 Å². The van der Waals surface area contributed by atoms with Crippen LogP contribution in [0, 0.1) is 0 Å². The molecule has 0 aromatic heterocycles. The molecule has 0 N–H and O–H groups in total.